The van der Waals surface area contributed by atoms with Gasteiger partial charge in [0.25, 0.3) is 0 Å². The van der Waals surface area contributed by atoms with Crippen molar-refractivity contribution in [1.82, 2.24) is 4.90 Å². The molecule has 4 rings (SSSR count). The van der Waals surface area contributed by atoms with Crippen molar-refractivity contribution in [3.8, 4) is 5.75 Å². The van der Waals surface area contributed by atoms with Gasteiger partial charge in [-0.15, -0.1) is 0 Å². The third-order valence-electron chi connectivity index (χ3n) is 5.42. The minimum atomic E-state index is 0.217. The van der Waals surface area contributed by atoms with Crippen LogP contribution in [0.3, 0.4) is 0 Å². The predicted molar refractivity (Wildman–Crippen MR) is 116 cm³/mol. The summed E-state index contributed by atoms with van der Waals surface area (Å²) < 4.78 is 0. The second-order valence-electron chi connectivity index (χ2n) is 7.52. The van der Waals surface area contributed by atoms with Crippen LogP contribution in [0.5, 0.6) is 5.75 Å². The molecule has 0 saturated carbocycles. The molecule has 0 spiro atoms. The highest BCUT2D eigenvalue weighted by Gasteiger charge is 2.33. The Morgan fingerprint density at radius 1 is 0.893 bits per heavy atom. The molecule has 3 nitrogen and oxygen atoms in total. The summed E-state index contributed by atoms with van der Waals surface area (Å²) in [6, 6.07) is 26.9. The molecule has 0 amide bonds. The first-order chi connectivity index (χ1) is 13.6. The van der Waals surface area contributed by atoms with Crippen LogP contribution in [-0.2, 0) is 6.54 Å². The number of aromatic hydroxyl groups is 1. The SMILES string of the molecule is C[C@@H]1CN(Cc2ccccc2)CC(c2ccc(Cl)cc2)N1c1ccc(O)cc1. The van der Waals surface area contributed by atoms with E-state index in [1.54, 1.807) is 12.1 Å². The second-order valence-corrected chi connectivity index (χ2v) is 7.96. The largest absolute Gasteiger partial charge is 0.508 e. The normalized spacial score (nSPS) is 20.3. The van der Waals surface area contributed by atoms with Gasteiger partial charge in [0, 0.05) is 36.4 Å². The van der Waals surface area contributed by atoms with E-state index in [2.05, 4.69) is 59.2 Å². The maximum atomic E-state index is 9.70. The van der Waals surface area contributed by atoms with Crippen LogP contribution in [-0.4, -0.2) is 29.1 Å². The Bertz CT molecular complexity index is 896. The van der Waals surface area contributed by atoms with Crippen molar-refractivity contribution in [2.45, 2.75) is 25.6 Å². The van der Waals surface area contributed by atoms with E-state index < -0.39 is 0 Å². The number of phenolic OH excluding ortho intramolecular Hbond substituents is 1. The molecule has 28 heavy (non-hydrogen) atoms. The summed E-state index contributed by atoms with van der Waals surface area (Å²) in [5.74, 6) is 0.294. The van der Waals surface area contributed by atoms with E-state index in [0.29, 0.717) is 11.8 Å². The van der Waals surface area contributed by atoms with Crippen molar-refractivity contribution >= 4 is 17.3 Å². The highest BCUT2D eigenvalue weighted by atomic mass is 35.5. The molecule has 1 aliphatic rings. The number of rotatable bonds is 4. The third-order valence-corrected chi connectivity index (χ3v) is 5.67. The number of phenols is 1. The molecule has 2 atom stereocenters. The summed E-state index contributed by atoms with van der Waals surface area (Å²) in [4.78, 5) is 4.99. The average Bonchev–Trinajstić information content (AvgIpc) is 2.70. The first-order valence-electron chi connectivity index (χ1n) is 9.69. The second kappa shape index (κ2) is 8.26. The molecule has 1 fully saturated rings. The molecule has 1 heterocycles. The molecule has 144 valence electrons. The monoisotopic (exact) mass is 392 g/mol. The summed E-state index contributed by atoms with van der Waals surface area (Å²) in [7, 11) is 0. The van der Waals surface area contributed by atoms with Crippen LogP contribution < -0.4 is 4.90 Å². The van der Waals surface area contributed by atoms with Crippen molar-refractivity contribution in [3.63, 3.8) is 0 Å². The van der Waals surface area contributed by atoms with E-state index >= 15 is 0 Å². The number of halogens is 1. The number of hydrogen-bond acceptors (Lipinski definition) is 3. The molecular weight excluding hydrogens is 368 g/mol. The summed E-state index contributed by atoms with van der Waals surface area (Å²) in [6.07, 6.45) is 0. The maximum absolute atomic E-state index is 9.70. The lowest BCUT2D eigenvalue weighted by Crippen LogP contribution is -2.53. The van der Waals surface area contributed by atoms with E-state index in [9.17, 15) is 5.11 Å². The molecule has 1 unspecified atom stereocenters. The Balaban J connectivity index is 1.65. The molecule has 0 bridgehead atoms. The fourth-order valence-corrected chi connectivity index (χ4v) is 4.28. The summed E-state index contributed by atoms with van der Waals surface area (Å²) in [5, 5.41) is 10.5. The minimum Gasteiger partial charge on any atom is -0.508 e. The van der Waals surface area contributed by atoms with Crippen molar-refractivity contribution in [2.24, 2.45) is 0 Å². The van der Waals surface area contributed by atoms with Crippen LogP contribution in [0.4, 0.5) is 5.69 Å². The zero-order chi connectivity index (χ0) is 19.5. The zero-order valence-electron chi connectivity index (χ0n) is 16.0. The molecule has 1 saturated heterocycles. The van der Waals surface area contributed by atoms with Crippen molar-refractivity contribution < 1.29 is 5.11 Å². The van der Waals surface area contributed by atoms with E-state index in [1.807, 2.05) is 24.3 Å². The maximum Gasteiger partial charge on any atom is 0.115 e. The Morgan fingerprint density at radius 2 is 1.57 bits per heavy atom. The van der Waals surface area contributed by atoms with Crippen molar-refractivity contribution in [2.75, 3.05) is 18.0 Å². The Hall–Kier alpha value is -2.49. The lowest BCUT2D eigenvalue weighted by Gasteiger charge is -2.47. The van der Waals surface area contributed by atoms with E-state index in [-0.39, 0.29) is 6.04 Å². The molecule has 3 aromatic carbocycles. The quantitative estimate of drug-likeness (QED) is 0.635. The number of hydrogen-bond donors (Lipinski definition) is 1. The standard InChI is InChI=1S/C24H25ClN2O/c1-18-15-26(16-19-5-3-2-4-6-19)17-24(20-7-9-21(25)10-8-20)27(18)22-11-13-23(28)14-12-22/h2-14,18,24,28H,15-17H2,1H3/t18-,24?/m1/s1. The fraction of sp³-hybridized carbons (Fsp3) is 0.250. The first-order valence-corrected chi connectivity index (χ1v) is 10.1. The van der Waals surface area contributed by atoms with E-state index in [4.69, 9.17) is 11.6 Å². The third kappa shape index (κ3) is 4.16. The van der Waals surface area contributed by atoms with Gasteiger partial charge in [-0.25, -0.2) is 0 Å². The van der Waals surface area contributed by atoms with Gasteiger partial charge >= 0.3 is 0 Å². The van der Waals surface area contributed by atoms with Gasteiger partial charge in [-0.3, -0.25) is 4.90 Å². The van der Waals surface area contributed by atoms with Gasteiger partial charge in [0.2, 0.25) is 0 Å². The van der Waals surface area contributed by atoms with Gasteiger partial charge < -0.3 is 10.0 Å². The van der Waals surface area contributed by atoms with Crippen LogP contribution in [0, 0.1) is 0 Å². The highest BCUT2D eigenvalue weighted by Crippen LogP contribution is 2.35. The Labute approximate surface area is 171 Å². The van der Waals surface area contributed by atoms with Gasteiger partial charge in [0.15, 0.2) is 0 Å². The number of nitrogens with zero attached hydrogens (tertiary/aromatic N) is 2. The van der Waals surface area contributed by atoms with Crippen molar-refractivity contribution in [3.05, 3.63) is 95.0 Å². The smallest absolute Gasteiger partial charge is 0.115 e. The van der Waals surface area contributed by atoms with Gasteiger partial charge in [-0.2, -0.15) is 0 Å². The predicted octanol–water partition coefficient (Wildman–Crippen LogP) is 5.50. The number of piperazine rings is 1. The van der Waals surface area contributed by atoms with Crippen LogP contribution in [0.2, 0.25) is 5.02 Å². The molecule has 1 N–H and O–H groups in total. The summed E-state index contributed by atoms with van der Waals surface area (Å²) in [5.41, 5.74) is 3.72. The number of benzene rings is 3. The summed E-state index contributed by atoms with van der Waals surface area (Å²) >= 11 is 6.13. The molecule has 3 aromatic rings. The highest BCUT2D eigenvalue weighted by molar-refractivity contribution is 6.30. The van der Waals surface area contributed by atoms with Gasteiger partial charge in [-0.1, -0.05) is 54.1 Å². The molecule has 0 radical (unpaired) electrons. The molecular formula is C24H25ClN2O. The summed E-state index contributed by atoms with van der Waals surface area (Å²) in [6.45, 7) is 5.13. The molecule has 0 aromatic heterocycles. The number of anilines is 1. The van der Waals surface area contributed by atoms with Crippen LogP contribution in [0.1, 0.15) is 24.1 Å². The topological polar surface area (TPSA) is 26.7 Å². The van der Waals surface area contributed by atoms with Crippen molar-refractivity contribution in [1.29, 1.82) is 0 Å². The lowest BCUT2D eigenvalue weighted by atomic mass is 9.97. The van der Waals surface area contributed by atoms with E-state index in [0.717, 1.165) is 30.3 Å². The van der Waals surface area contributed by atoms with Crippen LogP contribution in [0.15, 0.2) is 78.9 Å². The van der Waals surface area contributed by atoms with Crippen LogP contribution in [0.25, 0.3) is 0 Å². The lowest BCUT2D eigenvalue weighted by molar-refractivity contribution is 0.187. The zero-order valence-corrected chi connectivity index (χ0v) is 16.8. The molecule has 1 aliphatic heterocycles. The van der Waals surface area contributed by atoms with Gasteiger partial charge in [0.1, 0.15) is 5.75 Å². The molecule has 4 heteroatoms. The average molecular weight is 393 g/mol. The fourth-order valence-electron chi connectivity index (χ4n) is 4.16. The van der Waals surface area contributed by atoms with E-state index in [1.165, 1.54) is 11.1 Å². The Morgan fingerprint density at radius 3 is 2.25 bits per heavy atom. The van der Waals surface area contributed by atoms with Gasteiger partial charge in [-0.05, 0) is 54.4 Å². The van der Waals surface area contributed by atoms with Gasteiger partial charge in [0.05, 0.1) is 6.04 Å². The molecule has 0 aliphatic carbocycles. The minimum absolute atomic E-state index is 0.217. The Kier molecular flexibility index (Phi) is 5.56. The van der Waals surface area contributed by atoms with Crippen LogP contribution >= 0.6 is 11.6 Å². The first kappa shape index (κ1) is 18.9.